The lowest BCUT2D eigenvalue weighted by atomic mass is 10.0. The molecule has 0 aliphatic carbocycles. The Balaban J connectivity index is 1.78. The number of furan rings is 1. The first-order valence-electron chi connectivity index (χ1n) is 7.51. The predicted molar refractivity (Wildman–Crippen MR) is 77.6 cm³/mol. The second kappa shape index (κ2) is 5.50. The highest BCUT2D eigenvalue weighted by atomic mass is 19.3. The number of nitrogens with zero attached hydrogens (tertiary/aromatic N) is 1. The molecule has 1 N–H and O–H groups in total. The van der Waals surface area contributed by atoms with Gasteiger partial charge in [-0.05, 0) is 18.2 Å². The molecule has 1 aromatic heterocycles. The smallest absolute Gasteiger partial charge is 0.467 e. The van der Waals surface area contributed by atoms with E-state index in [4.69, 9.17) is 9.15 Å². The van der Waals surface area contributed by atoms with Gasteiger partial charge in [-0.2, -0.15) is 0 Å². The Morgan fingerprint density at radius 3 is 2.65 bits per heavy atom. The number of nitrogens with one attached hydrogen (secondary N) is 1. The molecule has 0 saturated carbocycles. The largest absolute Gasteiger partial charge is 0.586 e. The van der Waals surface area contributed by atoms with Gasteiger partial charge in [-0.15, -0.1) is 8.78 Å². The van der Waals surface area contributed by atoms with Crippen LogP contribution in [0.3, 0.4) is 0 Å². The summed E-state index contributed by atoms with van der Waals surface area (Å²) in [5.74, 6) is 0.829. The number of para-hydroxylation sites is 1. The average molecular weight is 322 g/mol. The topological polar surface area (TPSA) is 46.9 Å². The minimum Gasteiger partial charge on any atom is -0.467 e. The van der Waals surface area contributed by atoms with Gasteiger partial charge in [0, 0.05) is 31.7 Å². The van der Waals surface area contributed by atoms with Gasteiger partial charge in [-0.3, -0.25) is 4.90 Å². The average Bonchev–Trinajstić information content (AvgIpc) is 3.15. The first-order chi connectivity index (χ1) is 11.1. The van der Waals surface area contributed by atoms with E-state index in [9.17, 15) is 8.78 Å². The maximum atomic E-state index is 13.5. The van der Waals surface area contributed by atoms with E-state index in [0.29, 0.717) is 11.3 Å². The van der Waals surface area contributed by atoms with E-state index in [1.54, 1.807) is 24.5 Å². The fourth-order valence-corrected chi connectivity index (χ4v) is 3.12. The molecule has 7 heteroatoms. The number of benzene rings is 1. The number of ether oxygens (including phenoxy) is 2. The Kier molecular flexibility index (Phi) is 3.46. The zero-order valence-corrected chi connectivity index (χ0v) is 12.3. The summed E-state index contributed by atoms with van der Waals surface area (Å²) >= 11 is 0. The van der Waals surface area contributed by atoms with Crippen molar-refractivity contribution in [2.24, 2.45) is 0 Å². The van der Waals surface area contributed by atoms with Crippen LogP contribution in [0.1, 0.15) is 17.4 Å². The van der Waals surface area contributed by atoms with Gasteiger partial charge in [0.1, 0.15) is 5.76 Å². The van der Waals surface area contributed by atoms with Gasteiger partial charge in [0.25, 0.3) is 0 Å². The molecule has 0 radical (unpaired) electrons. The Morgan fingerprint density at radius 2 is 1.91 bits per heavy atom. The monoisotopic (exact) mass is 322 g/mol. The van der Waals surface area contributed by atoms with Crippen molar-refractivity contribution in [2.45, 2.75) is 12.3 Å². The van der Waals surface area contributed by atoms with E-state index in [1.807, 2.05) is 6.07 Å². The summed E-state index contributed by atoms with van der Waals surface area (Å²) in [5.41, 5.74) is 0.622. The molecule has 1 aromatic carbocycles. The molecule has 2 aliphatic heterocycles. The first-order valence-corrected chi connectivity index (χ1v) is 7.51. The molecule has 23 heavy (non-hydrogen) atoms. The normalized spacial score (nSPS) is 21.3. The Bertz CT molecular complexity index is 685. The maximum absolute atomic E-state index is 13.5. The molecule has 4 rings (SSSR count). The molecule has 0 bridgehead atoms. The highest BCUT2D eigenvalue weighted by Crippen LogP contribution is 2.47. The molecular formula is C16H16F2N2O3. The van der Waals surface area contributed by atoms with Gasteiger partial charge in [0.15, 0.2) is 11.5 Å². The molecule has 0 unspecified atom stereocenters. The fraction of sp³-hybridized carbons (Fsp3) is 0.375. The van der Waals surface area contributed by atoms with Gasteiger partial charge < -0.3 is 19.2 Å². The minimum absolute atomic E-state index is 0.0548. The predicted octanol–water partition coefficient (Wildman–Crippen LogP) is 2.60. The molecule has 1 fully saturated rings. The molecule has 3 heterocycles. The highest BCUT2D eigenvalue weighted by Gasteiger charge is 2.46. The van der Waals surface area contributed by atoms with E-state index < -0.39 is 6.29 Å². The summed E-state index contributed by atoms with van der Waals surface area (Å²) in [4.78, 5) is 2.19. The van der Waals surface area contributed by atoms with E-state index in [2.05, 4.69) is 15.0 Å². The van der Waals surface area contributed by atoms with Crippen LogP contribution in [0.15, 0.2) is 41.0 Å². The third-order valence-corrected chi connectivity index (χ3v) is 4.08. The maximum Gasteiger partial charge on any atom is 0.586 e. The highest BCUT2D eigenvalue weighted by molar-refractivity contribution is 5.51. The van der Waals surface area contributed by atoms with Gasteiger partial charge in [0.05, 0.1) is 12.3 Å². The van der Waals surface area contributed by atoms with Gasteiger partial charge in [0.2, 0.25) is 0 Å². The summed E-state index contributed by atoms with van der Waals surface area (Å²) in [5, 5.41) is 3.28. The number of piperazine rings is 1. The molecule has 2 aromatic rings. The van der Waals surface area contributed by atoms with Crippen LogP contribution in [-0.2, 0) is 0 Å². The van der Waals surface area contributed by atoms with E-state index in [-0.39, 0.29) is 17.5 Å². The second-order valence-corrected chi connectivity index (χ2v) is 5.55. The van der Waals surface area contributed by atoms with Crippen LogP contribution in [0.25, 0.3) is 0 Å². The summed E-state index contributed by atoms with van der Waals surface area (Å²) in [6.45, 7) is 3.23. The molecule has 1 atom stereocenters. The molecule has 5 nitrogen and oxygen atoms in total. The lowest BCUT2D eigenvalue weighted by Crippen LogP contribution is -2.45. The second-order valence-electron chi connectivity index (χ2n) is 5.55. The Labute approximate surface area is 131 Å². The third-order valence-electron chi connectivity index (χ3n) is 4.08. The van der Waals surface area contributed by atoms with Crippen LogP contribution in [0, 0.1) is 0 Å². The van der Waals surface area contributed by atoms with Crippen molar-refractivity contribution in [3.8, 4) is 11.5 Å². The quantitative estimate of drug-likeness (QED) is 0.941. The zero-order chi connectivity index (χ0) is 15.9. The standard InChI is InChI=1S/C16H16F2N2O3/c17-16(18)22-13-4-1-3-11(15(13)23-16)14(12-5-2-10-21-12)20-8-6-19-7-9-20/h1-5,10,14,19H,6-9H2/t14-/m1/s1. The van der Waals surface area contributed by atoms with Crippen molar-refractivity contribution >= 4 is 0 Å². The SMILES string of the molecule is FC1(F)Oc2cccc([C@H](c3ccco3)N3CCNCC3)c2O1. The first kappa shape index (κ1) is 14.5. The summed E-state index contributed by atoms with van der Waals surface area (Å²) in [7, 11) is 0. The van der Waals surface area contributed by atoms with Crippen LogP contribution < -0.4 is 14.8 Å². The van der Waals surface area contributed by atoms with Crippen LogP contribution in [0.5, 0.6) is 11.5 Å². The van der Waals surface area contributed by atoms with Crippen molar-refractivity contribution < 1.29 is 22.7 Å². The fourth-order valence-electron chi connectivity index (χ4n) is 3.12. The Morgan fingerprint density at radius 1 is 1.09 bits per heavy atom. The number of alkyl halides is 2. The lowest BCUT2D eigenvalue weighted by molar-refractivity contribution is -0.287. The molecular weight excluding hydrogens is 306 g/mol. The molecule has 0 amide bonds. The summed E-state index contributed by atoms with van der Waals surface area (Å²) in [6.07, 6.45) is -2.05. The van der Waals surface area contributed by atoms with Gasteiger partial charge in [-0.25, -0.2) is 0 Å². The Hall–Kier alpha value is -2.12. The third kappa shape index (κ3) is 2.66. The van der Waals surface area contributed by atoms with Gasteiger partial charge >= 0.3 is 6.29 Å². The molecule has 2 aliphatic rings. The van der Waals surface area contributed by atoms with E-state index in [1.165, 1.54) is 6.07 Å². The lowest BCUT2D eigenvalue weighted by Gasteiger charge is -2.34. The zero-order valence-electron chi connectivity index (χ0n) is 12.3. The summed E-state index contributed by atoms with van der Waals surface area (Å²) in [6, 6.07) is 8.30. The van der Waals surface area contributed by atoms with Crippen LogP contribution >= 0.6 is 0 Å². The van der Waals surface area contributed by atoms with Crippen molar-refractivity contribution in [3.05, 3.63) is 47.9 Å². The van der Waals surface area contributed by atoms with Crippen molar-refractivity contribution in [1.29, 1.82) is 0 Å². The van der Waals surface area contributed by atoms with E-state index in [0.717, 1.165) is 26.2 Å². The van der Waals surface area contributed by atoms with Crippen molar-refractivity contribution in [2.75, 3.05) is 26.2 Å². The van der Waals surface area contributed by atoms with Crippen LogP contribution in [0.4, 0.5) is 8.78 Å². The minimum atomic E-state index is -3.63. The number of hydrogen-bond acceptors (Lipinski definition) is 5. The number of fused-ring (bicyclic) bond motifs is 1. The van der Waals surface area contributed by atoms with Crippen LogP contribution in [-0.4, -0.2) is 37.4 Å². The molecule has 1 saturated heterocycles. The molecule has 0 spiro atoms. The molecule has 122 valence electrons. The number of hydrogen-bond donors (Lipinski definition) is 1. The number of halogens is 2. The number of rotatable bonds is 3. The van der Waals surface area contributed by atoms with Crippen molar-refractivity contribution in [1.82, 2.24) is 10.2 Å². The van der Waals surface area contributed by atoms with Crippen molar-refractivity contribution in [3.63, 3.8) is 0 Å². The van der Waals surface area contributed by atoms with Crippen LogP contribution in [0.2, 0.25) is 0 Å². The van der Waals surface area contributed by atoms with Gasteiger partial charge in [-0.1, -0.05) is 12.1 Å². The summed E-state index contributed by atoms with van der Waals surface area (Å²) < 4.78 is 41.8. The van der Waals surface area contributed by atoms with E-state index >= 15 is 0 Å².